The lowest BCUT2D eigenvalue weighted by atomic mass is 10.1. The number of benzene rings is 1. The minimum absolute atomic E-state index is 0.0916. The van der Waals surface area contributed by atoms with E-state index in [4.69, 9.17) is 27.9 Å². The Labute approximate surface area is 101 Å². The summed E-state index contributed by atoms with van der Waals surface area (Å²) in [4.78, 5) is 0. The van der Waals surface area contributed by atoms with Gasteiger partial charge < -0.3 is 10.1 Å². The van der Waals surface area contributed by atoms with Gasteiger partial charge in [-0.1, -0.05) is 23.2 Å². The van der Waals surface area contributed by atoms with Crippen LogP contribution in [0.25, 0.3) is 0 Å². The van der Waals surface area contributed by atoms with Crippen LogP contribution in [0.5, 0.6) is 5.75 Å². The Kier molecular flexibility index (Phi) is 4.26. The normalized spacial score (nSPS) is 11.5. The second-order valence-corrected chi connectivity index (χ2v) is 4.84. The molecule has 0 atom stereocenters. The monoisotopic (exact) mass is 247 g/mol. The molecule has 0 radical (unpaired) electrons. The Hall–Kier alpha value is -0.440. The van der Waals surface area contributed by atoms with Gasteiger partial charge in [-0.3, -0.25) is 0 Å². The van der Waals surface area contributed by atoms with Crippen LogP contribution >= 0.6 is 23.2 Å². The second kappa shape index (κ2) is 5.06. The molecule has 1 aromatic carbocycles. The summed E-state index contributed by atoms with van der Waals surface area (Å²) in [6.45, 7) is 4.63. The molecule has 0 amide bonds. The van der Waals surface area contributed by atoms with Crippen LogP contribution in [-0.2, 0) is 0 Å². The van der Waals surface area contributed by atoms with Gasteiger partial charge >= 0.3 is 0 Å². The van der Waals surface area contributed by atoms with Crippen LogP contribution in [0.3, 0.4) is 0 Å². The molecule has 0 spiro atoms. The van der Waals surface area contributed by atoms with Crippen molar-refractivity contribution in [3.05, 3.63) is 28.2 Å². The Morgan fingerprint density at radius 1 is 1.33 bits per heavy atom. The average molecular weight is 248 g/mol. The lowest BCUT2D eigenvalue weighted by molar-refractivity contribution is 0.217. The first kappa shape index (κ1) is 12.6. The van der Waals surface area contributed by atoms with Gasteiger partial charge in [0.1, 0.15) is 12.4 Å². The molecule has 1 N–H and O–H groups in total. The fraction of sp³-hybridized carbons (Fsp3) is 0.455. The summed E-state index contributed by atoms with van der Waals surface area (Å²) in [6.07, 6.45) is 0. The molecule has 1 aromatic rings. The van der Waals surface area contributed by atoms with Gasteiger partial charge in [-0.2, -0.15) is 0 Å². The zero-order valence-electron chi connectivity index (χ0n) is 9.10. The first-order valence-corrected chi connectivity index (χ1v) is 5.47. The fourth-order valence-electron chi connectivity index (χ4n) is 0.918. The minimum Gasteiger partial charge on any atom is -0.490 e. The van der Waals surface area contributed by atoms with Gasteiger partial charge in [-0.25, -0.2) is 0 Å². The number of halogens is 2. The number of ether oxygens (including phenoxy) is 1. The fourth-order valence-corrected chi connectivity index (χ4v) is 1.25. The standard InChI is InChI=1S/C11H15Cl2NO/c1-11(2,14-3)7-15-10-6-8(12)4-5-9(10)13/h4-6,14H,7H2,1-3H3. The van der Waals surface area contributed by atoms with E-state index in [0.717, 1.165) is 0 Å². The maximum Gasteiger partial charge on any atom is 0.139 e. The number of likely N-dealkylation sites (N-methyl/N-ethyl adjacent to an activating group) is 1. The summed E-state index contributed by atoms with van der Waals surface area (Å²) in [5, 5.41) is 4.34. The summed E-state index contributed by atoms with van der Waals surface area (Å²) < 4.78 is 5.59. The Morgan fingerprint density at radius 3 is 2.60 bits per heavy atom. The highest BCUT2D eigenvalue weighted by atomic mass is 35.5. The smallest absolute Gasteiger partial charge is 0.139 e. The van der Waals surface area contributed by atoms with Crippen LogP contribution in [0.1, 0.15) is 13.8 Å². The largest absolute Gasteiger partial charge is 0.490 e. The Bertz CT molecular complexity index is 339. The third kappa shape index (κ3) is 3.90. The Morgan fingerprint density at radius 2 is 2.00 bits per heavy atom. The topological polar surface area (TPSA) is 21.3 Å². The van der Waals surface area contributed by atoms with Crippen molar-refractivity contribution < 1.29 is 4.74 Å². The maximum absolute atomic E-state index is 5.96. The summed E-state index contributed by atoms with van der Waals surface area (Å²) >= 11 is 11.8. The van der Waals surface area contributed by atoms with Crippen LogP contribution in [0, 0.1) is 0 Å². The summed E-state index contributed by atoms with van der Waals surface area (Å²) in [7, 11) is 1.89. The van der Waals surface area contributed by atoms with Crippen molar-refractivity contribution in [3.63, 3.8) is 0 Å². The predicted molar refractivity (Wildman–Crippen MR) is 65.1 cm³/mol. The quantitative estimate of drug-likeness (QED) is 0.882. The van der Waals surface area contributed by atoms with Gasteiger partial charge in [0.2, 0.25) is 0 Å². The lowest BCUT2D eigenvalue weighted by Gasteiger charge is -2.24. The zero-order chi connectivity index (χ0) is 11.5. The van der Waals surface area contributed by atoms with Crippen molar-refractivity contribution in [2.75, 3.05) is 13.7 Å². The molecule has 2 nitrogen and oxygen atoms in total. The molecule has 0 unspecified atom stereocenters. The van der Waals surface area contributed by atoms with Crippen molar-refractivity contribution in [2.24, 2.45) is 0 Å². The van der Waals surface area contributed by atoms with Gasteiger partial charge in [0.15, 0.2) is 0 Å². The van der Waals surface area contributed by atoms with Gasteiger partial charge in [0.25, 0.3) is 0 Å². The van der Waals surface area contributed by atoms with Gasteiger partial charge in [0, 0.05) is 16.6 Å². The van der Waals surface area contributed by atoms with E-state index in [2.05, 4.69) is 5.32 Å². The van der Waals surface area contributed by atoms with Crippen molar-refractivity contribution in [1.82, 2.24) is 5.32 Å². The van der Waals surface area contributed by atoms with Crippen LogP contribution in [0.15, 0.2) is 18.2 Å². The first-order chi connectivity index (χ1) is 6.94. The van der Waals surface area contributed by atoms with E-state index in [-0.39, 0.29) is 5.54 Å². The van der Waals surface area contributed by atoms with Gasteiger partial charge in [-0.05, 0) is 33.0 Å². The highest BCUT2D eigenvalue weighted by Gasteiger charge is 2.16. The van der Waals surface area contributed by atoms with E-state index in [9.17, 15) is 0 Å². The molecule has 0 aliphatic heterocycles. The van der Waals surface area contributed by atoms with Crippen molar-refractivity contribution >= 4 is 23.2 Å². The highest BCUT2D eigenvalue weighted by molar-refractivity contribution is 6.34. The molecule has 0 saturated carbocycles. The maximum atomic E-state index is 5.96. The van der Waals surface area contributed by atoms with Crippen LogP contribution in [-0.4, -0.2) is 19.2 Å². The van der Waals surface area contributed by atoms with Crippen LogP contribution in [0.2, 0.25) is 10.0 Å². The van der Waals surface area contributed by atoms with Gasteiger partial charge in [-0.15, -0.1) is 0 Å². The molecule has 84 valence electrons. The second-order valence-electron chi connectivity index (χ2n) is 4.00. The molecule has 0 aliphatic rings. The lowest BCUT2D eigenvalue weighted by Crippen LogP contribution is -2.42. The molecule has 4 heteroatoms. The molecule has 0 bridgehead atoms. The summed E-state index contributed by atoms with van der Waals surface area (Å²) in [5.74, 6) is 0.618. The predicted octanol–water partition coefficient (Wildman–Crippen LogP) is 3.37. The number of hydrogen-bond acceptors (Lipinski definition) is 2. The molecular weight excluding hydrogens is 233 g/mol. The first-order valence-electron chi connectivity index (χ1n) is 4.71. The van der Waals surface area contributed by atoms with E-state index in [1.165, 1.54) is 0 Å². The summed E-state index contributed by atoms with van der Waals surface area (Å²) in [5.41, 5.74) is -0.0916. The molecule has 0 fully saturated rings. The van der Waals surface area contributed by atoms with Crippen molar-refractivity contribution in [1.29, 1.82) is 0 Å². The molecule has 0 saturated heterocycles. The van der Waals surface area contributed by atoms with E-state index >= 15 is 0 Å². The van der Waals surface area contributed by atoms with Crippen molar-refractivity contribution in [2.45, 2.75) is 19.4 Å². The average Bonchev–Trinajstić information content (AvgIpc) is 2.20. The number of rotatable bonds is 4. The van der Waals surface area contributed by atoms with E-state index in [1.54, 1.807) is 18.2 Å². The van der Waals surface area contributed by atoms with Crippen LogP contribution in [0.4, 0.5) is 0 Å². The number of nitrogens with one attached hydrogen (secondary N) is 1. The highest BCUT2D eigenvalue weighted by Crippen LogP contribution is 2.28. The minimum atomic E-state index is -0.0916. The molecule has 0 heterocycles. The van der Waals surface area contributed by atoms with Crippen LogP contribution < -0.4 is 10.1 Å². The Balaban J connectivity index is 2.69. The van der Waals surface area contributed by atoms with E-state index in [0.29, 0.717) is 22.4 Å². The number of hydrogen-bond donors (Lipinski definition) is 1. The van der Waals surface area contributed by atoms with Crippen molar-refractivity contribution in [3.8, 4) is 5.75 Å². The third-order valence-corrected chi connectivity index (χ3v) is 2.71. The van der Waals surface area contributed by atoms with E-state index in [1.807, 2.05) is 20.9 Å². The van der Waals surface area contributed by atoms with E-state index < -0.39 is 0 Å². The molecule has 1 rings (SSSR count). The molecular formula is C11H15Cl2NO. The SMILES string of the molecule is CNC(C)(C)COc1cc(Cl)ccc1Cl. The third-order valence-electron chi connectivity index (χ3n) is 2.16. The molecule has 0 aliphatic carbocycles. The zero-order valence-corrected chi connectivity index (χ0v) is 10.6. The summed E-state index contributed by atoms with van der Waals surface area (Å²) in [6, 6.07) is 5.18. The molecule has 0 aromatic heterocycles. The molecule has 15 heavy (non-hydrogen) atoms. The van der Waals surface area contributed by atoms with Gasteiger partial charge in [0.05, 0.1) is 5.02 Å².